The first-order valence-electron chi connectivity index (χ1n) is 4.88. The van der Waals surface area contributed by atoms with Crippen LogP contribution >= 0.6 is 0 Å². The number of hydrogen-bond donors (Lipinski definition) is 0. The number of pyridine rings is 1. The molecule has 0 saturated carbocycles. The van der Waals surface area contributed by atoms with Gasteiger partial charge in [0.15, 0.2) is 0 Å². The molecule has 2 nitrogen and oxygen atoms in total. The highest BCUT2D eigenvalue weighted by Gasteiger charge is 1.96. The number of hydrogen-bond acceptors (Lipinski definition) is 2. The normalized spacial score (nSPS) is 8.69. The van der Waals surface area contributed by atoms with Gasteiger partial charge in [-0.1, -0.05) is 19.9 Å². The average Bonchev–Trinajstić information content (AvgIpc) is 2.21. The van der Waals surface area contributed by atoms with Crippen molar-refractivity contribution in [3.05, 3.63) is 23.9 Å². The molecule has 0 radical (unpaired) electrons. The molecular formula is C11H20N2. The van der Waals surface area contributed by atoms with E-state index in [-0.39, 0.29) is 0 Å². The maximum Gasteiger partial charge on any atom is 0.128 e. The maximum atomic E-state index is 4.27. The van der Waals surface area contributed by atoms with E-state index in [4.69, 9.17) is 0 Å². The van der Waals surface area contributed by atoms with Crippen molar-refractivity contribution in [2.75, 3.05) is 18.5 Å². The Morgan fingerprint density at radius 2 is 1.92 bits per heavy atom. The molecule has 0 atom stereocenters. The fraction of sp³-hybridized carbons (Fsp3) is 0.545. The molecular weight excluding hydrogens is 160 g/mol. The SMILES string of the molecule is CC.CCN(C)c1ccc(C)cn1. The van der Waals surface area contributed by atoms with Crippen LogP contribution in [0.1, 0.15) is 26.3 Å². The molecule has 0 aliphatic heterocycles. The summed E-state index contributed by atoms with van der Waals surface area (Å²) < 4.78 is 0. The van der Waals surface area contributed by atoms with E-state index in [1.54, 1.807) is 0 Å². The molecule has 0 spiro atoms. The summed E-state index contributed by atoms with van der Waals surface area (Å²) in [6.07, 6.45) is 1.89. The minimum Gasteiger partial charge on any atom is -0.360 e. The minimum atomic E-state index is 0.996. The second-order valence-electron chi connectivity index (χ2n) is 2.71. The lowest BCUT2D eigenvalue weighted by Gasteiger charge is -2.14. The van der Waals surface area contributed by atoms with Gasteiger partial charge < -0.3 is 4.90 Å². The van der Waals surface area contributed by atoms with Crippen LogP contribution in [0.2, 0.25) is 0 Å². The Balaban J connectivity index is 0.000000671. The zero-order chi connectivity index (χ0) is 10.3. The first-order chi connectivity index (χ1) is 6.24. The predicted molar refractivity (Wildman–Crippen MR) is 59.3 cm³/mol. The molecule has 0 fully saturated rings. The Hall–Kier alpha value is -1.05. The van der Waals surface area contributed by atoms with Crippen LogP contribution in [0.15, 0.2) is 18.3 Å². The lowest BCUT2D eigenvalue weighted by molar-refractivity contribution is 0.936. The van der Waals surface area contributed by atoms with Crippen LogP contribution in [-0.4, -0.2) is 18.6 Å². The third-order valence-corrected chi connectivity index (χ3v) is 1.76. The van der Waals surface area contributed by atoms with Crippen LogP contribution in [-0.2, 0) is 0 Å². The smallest absolute Gasteiger partial charge is 0.128 e. The van der Waals surface area contributed by atoms with E-state index in [1.165, 1.54) is 5.56 Å². The third-order valence-electron chi connectivity index (χ3n) is 1.76. The summed E-state index contributed by atoms with van der Waals surface area (Å²) in [6.45, 7) is 9.15. The van der Waals surface area contributed by atoms with Crippen LogP contribution in [0.4, 0.5) is 5.82 Å². The van der Waals surface area contributed by atoms with E-state index >= 15 is 0 Å². The van der Waals surface area contributed by atoms with Gasteiger partial charge in [0.2, 0.25) is 0 Å². The van der Waals surface area contributed by atoms with E-state index in [0.29, 0.717) is 0 Å². The molecule has 1 aromatic rings. The Bertz CT molecular complexity index is 216. The largest absolute Gasteiger partial charge is 0.360 e. The van der Waals surface area contributed by atoms with Crippen LogP contribution in [0.25, 0.3) is 0 Å². The molecule has 74 valence electrons. The van der Waals surface area contributed by atoms with Gasteiger partial charge in [0, 0.05) is 19.8 Å². The van der Waals surface area contributed by atoms with Crippen LogP contribution < -0.4 is 4.90 Å². The summed E-state index contributed by atoms with van der Waals surface area (Å²) in [4.78, 5) is 6.39. The fourth-order valence-corrected chi connectivity index (χ4v) is 0.848. The molecule has 1 aromatic heterocycles. The molecule has 1 rings (SSSR count). The van der Waals surface area contributed by atoms with Crippen molar-refractivity contribution < 1.29 is 0 Å². The van der Waals surface area contributed by atoms with Crippen molar-refractivity contribution >= 4 is 5.82 Å². The van der Waals surface area contributed by atoms with Crippen LogP contribution in [0, 0.1) is 6.92 Å². The summed E-state index contributed by atoms with van der Waals surface area (Å²) in [7, 11) is 2.04. The number of anilines is 1. The highest BCUT2D eigenvalue weighted by atomic mass is 15.1. The predicted octanol–water partition coefficient (Wildman–Crippen LogP) is 2.87. The van der Waals surface area contributed by atoms with Gasteiger partial charge in [0.1, 0.15) is 5.82 Å². The topological polar surface area (TPSA) is 16.1 Å². The summed E-state index contributed by atoms with van der Waals surface area (Å²) >= 11 is 0. The summed E-state index contributed by atoms with van der Waals surface area (Å²) in [6, 6.07) is 4.12. The third kappa shape index (κ3) is 3.92. The highest BCUT2D eigenvalue weighted by Crippen LogP contribution is 2.07. The number of aromatic nitrogens is 1. The second-order valence-corrected chi connectivity index (χ2v) is 2.71. The average molecular weight is 180 g/mol. The second kappa shape index (κ2) is 6.46. The van der Waals surface area contributed by atoms with E-state index in [2.05, 4.69) is 22.9 Å². The zero-order valence-electron chi connectivity index (χ0n) is 9.33. The first-order valence-corrected chi connectivity index (χ1v) is 4.88. The standard InChI is InChI=1S/C9H14N2.C2H6/c1-4-11(3)9-6-5-8(2)7-10-9;1-2/h5-7H,4H2,1-3H3;1-2H3. The van der Waals surface area contributed by atoms with Gasteiger partial charge in [-0.15, -0.1) is 0 Å². The van der Waals surface area contributed by atoms with Gasteiger partial charge in [-0.05, 0) is 25.5 Å². The molecule has 0 bridgehead atoms. The van der Waals surface area contributed by atoms with Gasteiger partial charge in [0.25, 0.3) is 0 Å². The van der Waals surface area contributed by atoms with Crippen LogP contribution in [0.3, 0.4) is 0 Å². The van der Waals surface area contributed by atoms with Crippen molar-refractivity contribution in [2.45, 2.75) is 27.7 Å². The summed E-state index contributed by atoms with van der Waals surface area (Å²) in [5.74, 6) is 1.04. The Labute approximate surface area is 81.6 Å². The van der Waals surface area contributed by atoms with Crippen molar-refractivity contribution in [1.29, 1.82) is 0 Å². The molecule has 1 heterocycles. The summed E-state index contributed by atoms with van der Waals surface area (Å²) in [5, 5.41) is 0. The lowest BCUT2D eigenvalue weighted by Crippen LogP contribution is -2.16. The van der Waals surface area contributed by atoms with Gasteiger partial charge in [0.05, 0.1) is 0 Å². The van der Waals surface area contributed by atoms with Crippen molar-refractivity contribution in [1.82, 2.24) is 4.98 Å². The van der Waals surface area contributed by atoms with Crippen molar-refractivity contribution in [2.24, 2.45) is 0 Å². The molecule has 0 N–H and O–H groups in total. The quantitative estimate of drug-likeness (QED) is 0.695. The highest BCUT2D eigenvalue weighted by molar-refractivity contribution is 5.37. The van der Waals surface area contributed by atoms with E-state index in [1.807, 2.05) is 40.1 Å². The Kier molecular flexibility index (Phi) is 5.94. The van der Waals surface area contributed by atoms with Gasteiger partial charge in [-0.25, -0.2) is 4.98 Å². The van der Waals surface area contributed by atoms with Gasteiger partial charge in [-0.3, -0.25) is 0 Å². The molecule has 0 saturated heterocycles. The molecule has 0 aliphatic carbocycles. The zero-order valence-corrected chi connectivity index (χ0v) is 9.33. The monoisotopic (exact) mass is 180 g/mol. The lowest BCUT2D eigenvalue weighted by atomic mass is 10.3. The molecule has 0 aromatic carbocycles. The van der Waals surface area contributed by atoms with Crippen LogP contribution in [0.5, 0.6) is 0 Å². The fourth-order valence-electron chi connectivity index (χ4n) is 0.848. The first kappa shape index (κ1) is 11.9. The van der Waals surface area contributed by atoms with Gasteiger partial charge in [-0.2, -0.15) is 0 Å². The molecule has 13 heavy (non-hydrogen) atoms. The van der Waals surface area contributed by atoms with Crippen molar-refractivity contribution in [3.63, 3.8) is 0 Å². The number of nitrogens with zero attached hydrogens (tertiary/aromatic N) is 2. The Morgan fingerprint density at radius 3 is 2.31 bits per heavy atom. The van der Waals surface area contributed by atoms with Crippen molar-refractivity contribution in [3.8, 4) is 0 Å². The summed E-state index contributed by atoms with van der Waals surface area (Å²) in [5.41, 5.74) is 1.21. The van der Waals surface area contributed by atoms with Gasteiger partial charge >= 0.3 is 0 Å². The molecule has 0 aliphatic rings. The molecule has 2 heteroatoms. The molecule has 0 unspecified atom stereocenters. The Morgan fingerprint density at radius 1 is 1.31 bits per heavy atom. The maximum absolute atomic E-state index is 4.27. The van der Waals surface area contributed by atoms with E-state index in [0.717, 1.165) is 12.4 Å². The van der Waals surface area contributed by atoms with E-state index in [9.17, 15) is 0 Å². The molecule has 0 amide bonds. The van der Waals surface area contributed by atoms with E-state index < -0.39 is 0 Å². The minimum absolute atomic E-state index is 0.996. The number of rotatable bonds is 2. The number of aryl methyl sites for hydroxylation is 1.